The molecule has 0 fully saturated rings. The predicted molar refractivity (Wildman–Crippen MR) is 94.0 cm³/mol. The molecule has 0 aliphatic carbocycles. The van der Waals surface area contributed by atoms with Crippen LogP contribution in [0, 0.1) is 13.8 Å². The van der Waals surface area contributed by atoms with Gasteiger partial charge in [0.25, 0.3) is 0 Å². The fourth-order valence-electron chi connectivity index (χ4n) is 2.28. The Morgan fingerprint density at radius 1 is 1.19 bits per heavy atom. The van der Waals surface area contributed by atoms with Crippen molar-refractivity contribution >= 4 is 55.5 Å². The van der Waals surface area contributed by atoms with E-state index in [4.69, 9.17) is 11.6 Å². The maximum absolute atomic E-state index is 12.4. The number of hydrogen-bond acceptors (Lipinski definition) is 3. The van der Waals surface area contributed by atoms with Gasteiger partial charge in [-0.3, -0.25) is 4.79 Å². The normalized spacial score (nSPS) is 11.6. The molecular formula is C17H13ClOS2. The lowest BCUT2D eigenvalue weighted by Gasteiger charge is -1.96. The molecule has 1 nitrogen and oxygen atoms in total. The Labute approximate surface area is 136 Å². The molecule has 0 bridgehead atoms. The van der Waals surface area contributed by atoms with Crippen molar-refractivity contribution in [3.05, 3.63) is 62.3 Å². The van der Waals surface area contributed by atoms with Crippen molar-refractivity contribution in [3.63, 3.8) is 0 Å². The van der Waals surface area contributed by atoms with E-state index in [0.29, 0.717) is 5.02 Å². The first-order chi connectivity index (χ1) is 10.1. The first-order valence-corrected chi connectivity index (χ1v) is 8.59. The first-order valence-electron chi connectivity index (χ1n) is 6.51. The second-order valence-electron chi connectivity index (χ2n) is 4.89. The molecule has 0 aliphatic rings. The predicted octanol–water partition coefficient (Wildman–Crippen LogP) is 6.13. The summed E-state index contributed by atoms with van der Waals surface area (Å²) in [7, 11) is 0. The highest BCUT2D eigenvalue weighted by Gasteiger charge is 2.16. The zero-order chi connectivity index (χ0) is 15.0. The minimum atomic E-state index is 0.0650. The number of ketones is 1. The zero-order valence-electron chi connectivity index (χ0n) is 11.6. The lowest BCUT2D eigenvalue weighted by Crippen LogP contribution is -1.92. The van der Waals surface area contributed by atoms with Gasteiger partial charge in [-0.2, -0.15) is 0 Å². The lowest BCUT2D eigenvalue weighted by atomic mass is 10.1. The molecule has 1 aromatic carbocycles. The van der Waals surface area contributed by atoms with E-state index in [2.05, 4.69) is 12.3 Å². The first kappa shape index (κ1) is 14.5. The number of carbonyl (C=O) groups is 1. The van der Waals surface area contributed by atoms with Crippen LogP contribution in [0.3, 0.4) is 0 Å². The van der Waals surface area contributed by atoms with Crippen LogP contribution in [0.25, 0.3) is 15.5 Å². The van der Waals surface area contributed by atoms with Crippen LogP contribution in [0.2, 0.25) is 5.02 Å². The van der Waals surface area contributed by atoms with Crippen molar-refractivity contribution < 1.29 is 4.79 Å². The molecule has 2 aromatic heterocycles. The van der Waals surface area contributed by atoms with Gasteiger partial charge in [0, 0.05) is 10.4 Å². The average Bonchev–Trinajstić information content (AvgIpc) is 2.99. The van der Waals surface area contributed by atoms with Crippen LogP contribution < -0.4 is 0 Å². The Morgan fingerprint density at radius 3 is 2.57 bits per heavy atom. The Balaban J connectivity index is 1.90. The summed E-state index contributed by atoms with van der Waals surface area (Å²) >= 11 is 9.15. The van der Waals surface area contributed by atoms with E-state index in [-0.39, 0.29) is 5.78 Å². The van der Waals surface area contributed by atoms with Crippen molar-refractivity contribution in [2.75, 3.05) is 0 Å². The molecule has 0 radical (unpaired) electrons. The number of fused-ring (bicyclic) bond motifs is 1. The van der Waals surface area contributed by atoms with Crippen molar-refractivity contribution in [1.29, 1.82) is 0 Å². The third-order valence-electron chi connectivity index (χ3n) is 3.37. The fourth-order valence-corrected chi connectivity index (χ4v) is 4.86. The minimum Gasteiger partial charge on any atom is -0.288 e. The Morgan fingerprint density at radius 2 is 1.90 bits per heavy atom. The summed E-state index contributed by atoms with van der Waals surface area (Å²) in [5.74, 6) is 0.0650. The fraction of sp³-hybridized carbons (Fsp3) is 0.118. The summed E-state index contributed by atoms with van der Waals surface area (Å²) in [6.07, 6.45) is 3.47. The third kappa shape index (κ3) is 2.82. The molecule has 21 heavy (non-hydrogen) atoms. The van der Waals surface area contributed by atoms with E-state index in [0.717, 1.165) is 16.0 Å². The van der Waals surface area contributed by atoms with Crippen LogP contribution in [0.5, 0.6) is 0 Å². The second kappa shape index (κ2) is 5.76. The van der Waals surface area contributed by atoms with Gasteiger partial charge in [0.15, 0.2) is 5.78 Å². The molecule has 0 saturated heterocycles. The Bertz CT molecular complexity index is 838. The van der Waals surface area contributed by atoms with Crippen LogP contribution in [0.15, 0.2) is 35.7 Å². The molecule has 0 amide bonds. The molecule has 3 aromatic rings. The van der Waals surface area contributed by atoms with Crippen LogP contribution in [-0.2, 0) is 0 Å². The van der Waals surface area contributed by atoms with E-state index in [9.17, 15) is 4.79 Å². The van der Waals surface area contributed by atoms with Crippen molar-refractivity contribution in [2.24, 2.45) is 0 Å². The summed E-state index contributed by atoms with van der Waals surface area (Å²) in [5.41, 5.74) is 3.32. The van der Waals surface area contributed by atoms with E-state index < -0.39 is 0 Å². The molecule has 3 rings (SSSR count). The number of carbonyl (C=O) groups excluding carboxylic acids is 1. The van der Waals surface area contributed by atoms with Crippen LogP contribution in [0.1, 0.15) is 26.4 Å². The van der Waals surface area contributed by atoms with Gasteiger partial charge in [-0.05, 0) is 54.1 Å². The molecular weight excluding hydrogens is 320 g/mol. The SMILES string of the molecule is Cc1csc2sc(C(=O)/C=C\c3ccc(Cl)cc3)c(C)c12. The third-order valence-corrected chi connectivity index (χ3v) is 6.15. The average molecular weight is 333 g/mol. The summed E-state index contributed by atoms with van der Waals surface area (Å²) in [4.78, 5) is 13.2. The van der Waals surface area contributed by atoms with Gasteiger partial charge in [0.05, 0.1) is 8.89 Å². The highest BCUT2D eigenvalue weighted by Crippen LogP contribution is 2.37. The Kier molecular flexibility index (Phi) is 3.98. The molecule has 4 heteroatoms. The number of hydrogen-bond donors (Lipinski definition) is 0. The van der Waals surface area contributed by atoms with Gasteiger partial charge in [-0.15, -0.1) is 22.7 Å². The van der Waals surface area contributed by atoms with Gasteiger partial charge >= 0.3 is 0 Å². The molecule has 0 saturated carbocycles. The molecule has 2 heterocycles. The van der Waals surface area contributed by atoms with E-state index in [1.807, 2.05) is 37.3 Å². The quantitative estimate of drug-likeness (QED) is 0.416. The number of thiophene rings is 2. The summed E-state index contributed by atoms with van der Waals surface area (Å²) in [6, 6.07) is 7.44. The van der Waals surface area contributed by atoms with Gasteiger partial charge in [0.2, 0.25) is 0 Å². The lowest BCUT2D eigenvalue weighted by molar-refractivity contribution is 0.105. The van der Waals surface area contributed by atoms with Gasteiger partial charge in [-0.1, -0.05) is 29.8 Å². The maximum atomic E-state index is 12.4. The smallest absolute Gasteiger partial charge is 0.196 e. The Hall–Kier alpha value is -1.42. The van der Waals surface area contributed by atoms with Gasteiger partial charge in [0.1, 0.15) is 0 Å². The molecule has 0 aliphatic heterocycles. The largest absolute Gasteiger partial charge is 0.288 e. The number of halogens is 1. The molecule has 0 N–H and O–H groups in total. The van der Waals surface area contributed by atoms with Gasteiger partial charge < -0.3 is 0 Å². The van der Waals surface area contributed by atoms with Gasteiger partial charge in [-0.25, -0.2) is 0 Å². The van der Waals surface area contributed by atoms with E-state index in [1.54, 1.807) is 28.7 Å². The van der Waals surface area contributed by atoms with Crippen LogP contribution in [0.4, 0.5) is 0 Å². The molecule has 0 unspecified atom stereocenters. The highest BCUT2D eigenvalue weighted by molar-refractivity contribution is 7.38. The standard InChI is InChI=1S/C17H13ClOS2/c1-10-9-20-17-15(10)11(2)16(21-17)14(19)8-5-12-3-6-13(18)7-4-12/h3-9H,1-2H3/b8-5-. The minimum absolute atomic E-state index is 0.0650. The molecule has 0 spiro atoms. The topological polar surface area (TPSA) is 17.1 Å². The number of aryl methyl sites for hydroxylation is 2. The second-order valence-corrected chi connectivity index (χ2v) is 7.48. The van der Waals surface area contributed by atoms with E-state index >= 15 is 0 Å². The summed E-state index contributed by atoms with van der Waals surface area (Å²) < 4.78 is 1.23. The number of benzene rings is 1. The van der Waals surface area contributed by atoms with Crippen molar-refractivity contribution in [2.45, 2.75) is 13.8 Å². The van der Waals surface area contributed by atoms with Crippen molar-refractivity contribution in [1.82, 2.24) is 0 Å². The highest BCUT2D eigenvalue weighted by atomic mass is 35.5. The van der Waals surface area contributed by atoms with Crippen LogP contribution in [-0.4, -0.2) is 5.78 Å². The summed E-state index contributed by atoms with van der Waals surface area (Å²) in [5, 5.41) is 4.09. The molecule has 106 valence electrons. The molecule has 0 atom stereocenters. The number of allylic oxidation sites excluding steroid dienone is 1. The zero-order valence-corrected chi connectivity index (χ0v) is 14.0. The van der Waals surface area contributed by atoms with Crippen LogP contribution >= 0.6 is 34.3 Å². The summed E-state index contributed by atoms with van der Waals surface area (Å²) in [6.45, 7) is 4.12. The maximum Gasteiger partial charge on any atom is 0.196 e. The monoisotopic (exact) mass is 332 g/mol. The number of rotatable bonds is 3. The van der Waals surface area contributed by atoms with E-state index in [1.165, 1.54) is 15.0 Å². The van der Waals surface area contributed by atoms with Crippen molar-refractivity contribution in [3.8, 4) is 0 Å².